The quantitative estimate of drug-likeness (QED) is 0.740. The summed E-state index contributed by atoms with van der Waals surface area (Å²) in [7, 11) is -2.36. The van der Waals surface area contributed by atoms with E-state index < -0.39 is 13.9 Å². The number of nitrogens with one attached hydrogen (secondary N) is 1. The summed E-state index contributed by atoms with van der Waals surface area (Å²) in [5.74, 6) is 0. The largest absolute Gasteiger partial charge is 0.320 e. The predicted octanol–water partition coefficient (Wildman–Crippen LogP) is 1.07. The molecule has 1 N–H and O–H groups in total. The Labute approximate surface area is 92.1 Å². The Bertz CT molecular complexity index is 212. The Morgan fingerprint density at radius 1 is 1.33 bits per heavy atom. The molecule has 1 rings (SSSR count). The minimum atomic E-state index is -2.36. The number of rotatable bonds is 4. The molecule has 1 unspecified atom stereocenters. The van der Waals surface area contributed by atoms with Crippen LogP contribution in [0, 0.1) is 0 Å². The summed E-state index contributed by atoms with van der Waals surface area (Å²) in [4.78, 5) is 2.12. The maximum atomic E-state index is 11.4. The second-order valence-corrected chi connectivity index (χ2v) is 5.60. The highest BCUT2D eigenvalue weighted by atomic mass is 31.1. The maximum absolute atomic E-state index is 11.4. The normalized spacial score (nSPS) is 21.5. The molecule has 1 atom stereocenters. The van der Waals surface area contributed by atoms with Gasteiger partial charge in [0.25, 0.3) is 0 Å². The fraction of sp³-hybridized carbons (Fsp3) is 1.00. The fourth-order valence-electron chi connectivity index (χ4n) is 1.26. The molecule has 1 aliphatic rings. The van der Waals surface area contributed by atoms with Crippen molar-refractivity contribution in [2.45, 2.75) is 26.4 Å². The summed E-state index contributed by atoms with van der Waals surface area (Å²) in [6, 6.07) is 0. The van der Waals surface area contributed by atoms with Crippen molar-refractivity contribution in [3.63, 3.8) is 0 Å². The third-order valence-electron chi connectivity index (χ3n) is 1.96. The van der Waals surface area contributed by atoms with E-state index in [1.54, 1.807) is 0 Å². The van der Waals surface area contributed by atoms with Crippen LogP contribution in [0.5, 0.6) is 0 Å². The molecule has 90 valence electrons. The molecule has 0 aliphatic carbocycles. The zero-order valence-electron chi connectivity index (χ0n) is 9.71. The van der Waals surface area contributed by atoms with Crippen LogP contribution in [-0.2, 0) is 13.6 Å². The van der Waals surface area contributed by atoms with E-state index in [-0.39, 0.29) is 0 Å². The molecule has 0 saturated carbocycles. The van der Waals surface area contributed by atoms with Gasteiger partial charge in [0.1, 0.15) is 6.73 Å². The molecule has 0 aromatic rings. The monoisotopic (exact) mass is 236 g/mol. The lowest BCUT2D eigenvalue weighted by Crippen LogP contribution is -2.44. The summed E-state index contributed by atoms with van der Waals surface area (Å²) in [6.45, 7) is 9.79. The molecule has 5 nitrogen and oxygen atoms in total. The summed E-state index contributed by atoms with van der Waals surface area (Å²) < 4.78 is 21.8. The van der Waals surface area contributed by atoms with Gasteiger partial charge in [0.15, 0.2) is 0 Å². The molecule has 0 aromatic carbocycles. The Morgan fingerprint density at radius 3 is 2.47 bits per heavy atom. The van der Waals surface area contributed by atoms with Crippen molar-refractivity contribution in [3.05, 3.63) is 0 Å². The van der Waals surface area contributed by atoms with E-state index >= 15 is 0 Å². The van der Waals surface area contributed by atoms with E-state index in [9.17, 15) is 4.57 Å². The van der Waals surface area contributed by atoms with Crippen LogP contribution in [0.15, 0.2) is 0 Å². The summed E-state index contributed by atoms with van der Waals surface area (Å²) >= 11 is 0. The summed E-state index contributed by atoms with van der Waals surface area (Å²) in [6.07, 6.45) is 0. The highest BCUT2D eigenvalue weighted by Gasteiger charge is 2.16. The first-order valence-corrected chi connectivity index (χ1v) is 6.49. The third kappa shape index (κ3) is 6.28. The van der Waals surface area contributed by atoms with Crippen molar-refractivity contribution in [1.29, 1.82) is 0 Å². The Kier molecular flexibility index (Phi) is 5.23. The first-order chi connectivity index (χ1) is 6.97. The van der Waals surface area contributed by atoms with E-state index in [0.717, 1.165) is 26.2 Å². The van der Waals surface area contributed by atoms with Gasteiger partial charge in [-0.3, -0.25) is 14.0 Å². The number of hydrogen-bond acceptors (Lipinski definition) is 5. The third-order valence-corrected chi connectivity index (χ3v) is 3.11. The molecule has 0 radical (unpaired) electrons. The maximum Gasteiger partial charge on any atom is 0.320 e. The standard InChI is InChI=1S/C9H21N2O3P/c1-9(2,3)14-15(12)13-8-11-6-4-10-5-7-11/h10,15H,4-8H2,1-3H3. The van der Waals surface area contributed by atoms with Crippen LogP contribution in [0.2, 0.25) is 0 Å². The summed E-state index contributed by atoms with van der Waals surface area (Å²) in [5, 5.41) is 3.24. The van der Waals surface area contributed by atoms with Gasteiger partial charge in [-0.15, -0.1) is 0 Å². The van der Waals surface area contributed by atoms with Crippen LogP contribution in [0.25, 0.3) is 0 Å². The lowest BCUT2D eigenvalue weighted by Gasteiger charge is -2.27. The second-order valence-electron chi connectivity index (χ2n) is 4.61. The van der Waals surface area contributed by atoms with Gasteiger partial charge in [-0.25, -0.2) is 0 Å². The van der Waals surface area contributed by atoms with Crippen molar-refractivity contribution in [1.82, 2.24) is 10.2 Å². The number of piperazine rings is 1. The number of nitrogens with zero attached hydrogens (tertiary/aromatic N) is 1. The molecule has 0 aromatic heterocycles. The Morgan fingerprint density at radius 2 is 1.93 bits per heavy atom. The number of hydrogen-bond donors (Lipinski definition) is 1. The fourth-order valence-corrected chi connectivity index (χ4v) is 2.11. The summed E-state index contributed by atoms with van der Waals surface area (Å²) in [5.41, 5.74) is -0.403. The van der Waals surface area contributed by atoms with Gasteiger partial charge in [-0.1, -0.05) is 0 Å². The van der Waals surface area contributed by atoms with E-state index in [1.807, 2.05) is 20.8 Å². The van der Waals surface area contributed by atoms with E-state index in [1.165, 1.54) is 0 Å². The average Bonchev–Trinajstić information content (AvgIpc) is 2.14. The molecule has 0 bridgehead atoms. The highest BCUT2D eigenvalue weighted by Crippen LogP contribution is 2.30. The molecule has 0 spiro atoms. The van der Waals surface area contributed by atoms with Gasteiger partial charge in [0.05, 0.1) is 5.60 Å². The lowest BCUT2D eigenvalue weighted by atomic mass is 10.2. The van der Waals surface area contributed by atoms with Crippen molar-refractivity contribution < 1.29 is 13.6 Å². The van der Waals surface area contributed by atoms with Crippen LogP contribution >= 0.6 is 8.25 Å². The van der Waals surface area contributed by atoms with Crippen molar-refractivity contribution in [2.75, 3.05) is 32.9 Å². The zero-order chi connectivity index (χ0) is 11.3. The second kappa shape index (κ2) is 5.97. The highest BCUT2D eigenvalue weighted by molar-refractivity contribution is 7.33. The van der Waals surface area contributed by atoms with E-state index in [2.05, 4.69) is 10.2 Å². The average molecular weight is 236 g/mol. The molecule has 1 fully saturated rings. The van der Waals surface area contributed by atoms with E-state index in [0.29, 0.717) is 6.73 Å². The molecule has 1 aliphatic heterocycles. The molecular formula is C9H21N2O3P. The topological polar surface area (TPSA) is 50.8 Å². The first kappa shape index (κ1) is 13.1. The molecule has 1 saturated heterocycles. The van der Waals surface area contributed by atoms with Crippen molar-refractivity contribution in [2.24, 2.45) is 0 Å². The Balaban J connectivity index is 2.15. The van der Waals surface area contributed by atoms with E-state index in [4.69, 9.17) is 9.05 Å². The smallest absolute Gasteiger partial charge is 0.314 e. The van der Waals surface area contributed by atoms with Crippen LogP contribution in [0.4, 0.5) is 0 Å². The van der Waals surface area contributed by atoms with Crippen molar-refractivity contribution in [3.8, 4) is 0 Å². The lowest BCUT2D eigenvalue weighted by molar-refractivity contribution is 0.0679. The molecular weight excluding hydrogens is 215 g/mol. The van der Waals surface area contributed by atoms with Gasteiger partial charge in [-0.05, 0) is 20.8 Å². The van der Waals surface area contributed by atoms with Gasteiger partial charge in [0, 0.05) is 26.2 Å². The SMILES string of the molecule is CC(C)(C)O[PH](=O)OCN1CCNCC1. The van der Waals surface area contributed by atoms with Gasteiger partial charge < -0.3 is 9.84 Å². The van der Waals surface area contributed by atoms with Gasteiger partial charge in [0.2, 0.25) is 0 Å². The van der Waals surface area contributed by atoms with Gasteiger partial charge in [-0.2, -0.15) is 0 Å². The van der Waals surface area contributed by atoms with Crippen LogP contribution in [0.3, 0.4) is 0 Å². The van der Waals surface area contributed by atoms with Crippen LogP contribution < -0.4 is 5.32 Å². The van der Waals surface area contributed by atoms with Gasteiger partial charge >= 0.3 is 8.25 Å². The van der Waals surface area contributed by atoms with Crippen LogP contribution in [0.1, 0.15) is 20.8 Å². The molecule has 6 heteroatoms. The van der Waals surface area contributed by atoms with Crippen LogP contribution in [-0.4, -0.2) is 43.4 Å². The van der Waals surface area contributed by atoms with Crippen molar-refractivity contribution >= 4 is 8.25 Å². The molecule has 1 heterocycles. The molecule has 15 heavy (non-hydrogen) atoms. The minimum Gasteiger partial charge on any atom is -0.314 e. The first-order valence-electron chi connectivity index (χ1n) is 5.26. The molecule has 0 amide bonds. The Hall–Kier alpha value is 0.0700. The predicted molar refractivity (Wildman–Crippen MR) is 60.2 cm³/mol. The zero-order valence-corrected chi connectivity index (χ0v) is 10.7. The minimum absolute atomic E-state index is 0.398.